The molecular formula is C16H22N2O3S. The second-order valence-corrected chi connectivity index (χ2v) is 7.19. The molecule has 0 saturated carbocycles. The first-order valence-electron chi connectivity index (χ1n) is 7.97. The maximum Gasteiger partial charge on any atom is 0.254 e. The third-order valence-corrected chi connectivity index (χ3v) is 5.82. The van der Waals surface area contributed by atoms with Crippen molar-refractivity contribution in [2.75, 3.05) is 11.9 Å². The second kappa shape index (κ2) is 6.38. The van der Waals surface area contributed by atoms with Gasteiger partial charge in [0.25, 0.3) is 11.8 Å². The van der Waals surface area contributed by atoms with E-state index in [0.717, 1.165) is 44.1 Å². The van der Waals surface area contributed by atoms with Crippen LogP contribution in [0.2, 0.25) is 0 Å². The molecule has 2 amide bonds. The van der Waals surface area contributed by atoms with Crippen molar-refractivity contribution < 1.29 is 14.3 Å². The molecule has 5 nitrogen and oxygen atoms in total. The van der Waals surface area contributed by atoms with Crippen LogP contribution in [-0.4, -0.2) is 24.5 Å². The van der Waals surface area contributed by atoms with Gasteiger partial charge in [-0.05, 0) is 43.6 Å². The Labute approximate surface area is 134 Å². The molecule has 0 spiro atoms. The molecule has 1 aromatic heterocycles. The van der Waals surface area contributed by atoms with Crippen molar-refractivity contribution in [1.29, 1.82) is 0 Å². The Bertz CT molecular complexity index is 590. The number of carbonyl (C=O) groups excluding carboxylic acids is 2. The van der Waals surface area contributed by atoms with Gasteiger partial charge in [-0.25, -0.2) is 0 Å². The monoisotopic (exact) mass is 322 g/mol. The van der Waals surface area contributed by atoms with Gasteiger partial charge in [0.05, 0.1) is 5.56 Å². The van der Waals surface area contributed by atoms with Crippen molar-refractivity contribution in [3.8, 4) is 0 Å². The van der Waals surface area contributed by atoms with Crippen LogP contribution < -0.4 is 11.1 Å². The van der Waals surface area contributed by atoms with Gasteiger partial charge in [0.15, 0.2) is 0 Å². The molecule has 1 fully saturated rings. The van der Waals surface area contributed by atoms with Crippen molar-refractivity contribution in [3.63, 3.8) is 0 Å². The summed E-state index contributed by atoms with van der Waals surface area (Å²) in [7, 11) is 0. The highest BCUT2D eigenvalue weighted by Gasteiger charge is 2.30. The van der Waals surface area contributed by atoms with Gasteiger partial charge in [-0.3, -0.25) is 9.59 Å². The van der Waals surface area contributed by atoms with E-state index in [1.165, 1.54) is 16.2 Å². The summed E-state index contributed by atoms with van der Waals surface area (Å²) in [6, 6.07) is 0. The maximum atomic E-state index is 12.2. The molecule has 0 bridgehead atoms. The van der Waals surface area contributed by atoms with Crippen LogP contribution in [0.5, 0.6) is 0 Å². The first-order chi connectivity index (χ1) is 10.6. The van der Waals surface area contributed by atoms with Gasteiger partial charge in [0, 0.05) is 11.5 Å². The molecular weight excluding hydrogens is 300 g/mol. The summed E-state index contributed by atoms with van der Waals surface area (Å²) < 4.78 is 5.40. The summed E-state index contributed by atoms with van der Waals surface area (Å²) in [4.78, 5) is 25.3. The Hall–Kier alpha value is -1.40. The average Bonchev–Trinajstić information content (AvgIpc) is 3.13. The normalized spacial score (nSPS) is 24.0. The Morgan fingerprint density at radius 2 is 2.23 bits per heavy atom. The summed E-state index contributed by atoms with van der Waals surface area (Å²) in [6.45, 7) is 2.82. The van der Waals surface area contributed by atoms with E-state index in [0.29, 0.717) is 23.1 Å². The summed E-state index contributed by atoms with van der Waals surface area (Å²) in [5.74, 6) is 0.0503. The van der Waals surface area contributed by atoms with Gasteiger partial charge in [-0.15, -0.1) is 11.3 Å². The number of amides is 2. The van der Waals surface area contributed by atoms with Gasteiger partial charge >= 0.3 is 0 Å². The maximum absolute atomic E-state index is 12.2. The van der Waals surface area contributed by atoms with E-state index in [4.69, 9.17) is 10.5 Å². The SMILES string of the molecule is CC[C@@H]1CCc2c(sc(NC(=O)[C@H]3CCCO3)c2C(N)=O)C1. The lowest BCUT2D eigenvalue weighted by Gasteiger charge is -2.20. The molecule has 2 atom stereocenters. The molecule has 6 heteroatoms. The number of rotatable bonds is 4. The summed E-state index contributed by atoms with van der Waals surface area (Å²) in [6.07, 6.45) is 5.31. The lowest BCUT2D eigenvalue weighted by molar-refractivity contribution is -0.124. The molecule has 2 heterocycles. The molecule has 1 saturated heterocycles. The van der Waals surface area contributed by atoms with Crippen LogP contribution in [0, 0.1) is 5.92 Å². The van der Waals surface area contributed by atoms with Crippen LogP contribution in [0.15, 0.2) is 0 Å². The lowest BCUT2D eigenvalue weighted by atomic mass is 9.85. The summed E-state index contributed by atoms with van der Waals surface area (Å²) >= 11 is 1.51. The van der Waals surface area contributed by atoms with E-state index in [9.17, 15) is 9.59 Å². The van der Waals surface area contributed by atoms with Crippen LogP contribution in [0.4, 0.5) is 5.00 Å². The minimum atomic E-state index is -0.449. The van der Waals surface area contributed by atoms with Gasteiger partial charge in [0.2, 0.25) is 0 Å². The van der Waals surface area contributed by atoms with Gasteiger partial charge < -0.3 is 15.8 Å². The number of thiophene rings is 1. The van der Waals surface area contributed by atoms with Crippen LogP contribution >= 0.6 is 11.3 Å². The van der Waals surface area contributed by atoms with E-state index in [2.05, 4.69) is 12.2 Å². The van der Waals surface area contributed by atoms with Crippen LogP contribution in [0.1, 0.15) is 53.4 Å². The van der Waals surface area contributed by atoms with E-state index in [1.807, 2.05) is 0 Å². The summed E-state index contributed by atoms with van der Waals surface area (Å²) in [5, 5.41) is 3.48. The molecule has 1 aliphatic heterocycles. The molecule has 0 radical (unpaired) electrons. The van der Waals surface area contributed by atoms with Gasteiger partial charge in [-0.2, -0.15) is 0 Å². The Morgan fingerprint density at radius 1 is 1.41 bits per heavy atom. The number of fused-ring (bicyclic) bond motifs is 1. The number of hydrogen-bond donors (Lipinski definition) is 2. The zero-order valence-electron chi connectivity index (χ0n) is 12.8. The molecule has 22 heavy (non-hydrogen) atoms. The highest BCUT2D eigenvalue weighted by molar-refractivity contribution is 7.17. The van der Waals surface area contributed by atoms with Crippen molar-refractivity contribution in [3.05, 3.63) is 16.0 Å². The third-order valence-electron chi connectivity index (χ3n) is 4.65. The fraction of sp³-hybridized carbons (Fsp3) is 0.625. The molecule has 3 rings (SSSR count). The standard InChI is InChI=1S/C16H22N2O3S/c1-2-9-5-6-10-12(8-9)22-16(13(10)14(17)19)18-15(20)11-4-3-7-21-11/h9,11H,2-8H2,1H3,(H2,17,19)(H,18,20)/t9-,11-/m1/s1. The molecule has 0 unspecified atom stereocenters. The fourth-order valence-electron chi connectivity index (χ4n) is 3.33. The Kier molecular flexibility index (Phi) is 4.49. The quantitative estimate of drug-likeness (QED) is 0.893. The van der Waals surface area contributed by atoms with Crippen LogP contribution in [-0.2, 0) is 22.4 Å². The number of carbonyl (C=O) groups is 2. The topological polar surface area (TPSA) is 81.4 Å². The van der Waals surface area contributed by atoms with Crippen LogP contribution in [0.3, 0.4) is 0 Å². The van der Waals surface area contributed by atoms with E-state index in [1.54, 1.807) is 0 Å². The van der Waals surface area contributed by atoms with Crippen molar-refractivity contribution >= 4 is 28.2 Å². The van der Waals surface area contributed by atoms with Crippen molar-refractivity contribution in [1.82, 2.24) is 0 Å². The van der Waals surface area contributed by atoms with Gasteiger partial charge in [-0.1, -0.05) is 13.3 Å². The zero-order valence-corrected chi connectivity index (χ0v) is 13.6. The zero-order chi connectivity index (χ0) is 15.7. The average molecular weight is 322 g/mol. The third kappa shape index (κ3) is 2.90. The number of hydrogen-bond acceptors (Lipinski definition) is 4. The van der Waals surface area contributed by atoms with Gasteiger partial charge in [0.1, 0.15) is 11.1 Å². The number of primary amides is 1. The minimum Gasteiger partial charge on any atom is -0.368 e. The predicted molar refractivity (Wildman–Crippen MR) is 86.2 cm³/mol. The second-order valence-electron chi connectivity index (χ2n) is 6.08. The number of nitrogens with two attached hydrogens (primary N) is 1. The highest BCUT2D eigenvalue weighted by Crippen LogP contribution is 2.40. The highest BCUT2D eigenvalue weighted by atomic mass is 32.1. The van der Waals surface area contributed by atoms with E-state index >= 15 is 0 Å². The fourth-order valence-corrected chi connectivity index (χ4v) is 4.70. The number of anilines is 1. The predicted octanol–water partition coefficient (Wildman–Crippen LogP) is 2.48. The summed E-state index contributed by atoms with van der Waals surface area (Å²) in [5.41, 5.74) is 7.13. The largest absolute Gasteiger partial charge is 0.368 e. The minimum absolute atomic E-state index is 0.161. The number of nitrogens with one attached hydrogen (secondary N) is 1. The molecule has 120 valence electrons. The first kappa shape index (κ1) is 15.5. The Balaban J connectivity index is 1.85. The molecule has 3 N–H and O–H groups in total. The van der Waals surface area contributed by atoms with E-state index < -0.39 is 12.0 Å². The first-order valence-corrected chi connectivity index (χ1v) is 8.78. The molecule has 0 aromatic carbocycles. The molecule has 2 aliphatic rings. The lowest BCUT2D eigenvalue weighted by Crippen LogP contribution is -2.27. The molecule has 1 aromatic rings. The smallest absolute Gasteiger partial charge is 0.254 e. The Morgan fingerprint density at radius 3 is 2.86 bits per heavy atom. The molecule has 1 aliphatic carbocycles. The van der Waals surface area contributed by atoms with E-state index in [-0.39, 0.29) is 5.91 Å². The number of ether oxygens (including phenoxy) is 1. The van der Waals surface area contributed by atoms with Crippen molar-refractivity contribution in [2.24, 2.45) is 11.7 Å². The van der Waals surface area contributed by atoms with Crippen LogP contribution in [0.25, 0.3) is 0 Å². The van der Waals surface area contributed by atoms with Crippen molar-refractivity contribution in [2.45, 2.75) is 51.6 Å².